The summed E-state index contributed by atoms with van der Waals surface area (Å²) in [6.45, 7) is 5.89. The second-order valence-corrected chi connectivity index (χ2v) is 8.93. The highest BCUT2D eigenvalue weighted by Gasteiger charge is 2.10. The van der Waals surface area contributed by atoms with E-state index in [2.05, 4.69) is 27.8 Å². The molecule has 0 atom stereocenters. The lowest BCUT2D eigenvalue weighted by atomic mass is 10.1. The molecule has 7 heteroatoms. The van der Waals surface area contributed by atoms with Gasteiger partial charge in [0.2, 0.25) is 0 Å². The van der Waals surface area contributed by atoms with E-state index >= 15 is 0 Å². The van der Waals surface area contributed by atoms with Crippen LogP contribution in [0, 0.1) is 6.92 Å². The molecule has 0 aliphatic heterocycles. The number of benzene rings is 2. The number of aryl methyl sites for hydroxylation is 2. The minimum absolute atomic E-state index is 0.368. The van der Waals surface area contributed by atoms with Crippen LogP contribution in [0.4, 0.5) is 0 Å². The van der Waals surface area contributed by atoms with E-state index in [0.29, 0.717) is 11.4 Å². The van der Waals surface area contributed by atoms with Gasteiger partial charge in [0.05, 0.1) is 18.6 Å². The number of nitrogens with zero attached hydrogens (tertiary/aromatic N) is 1. The average Bonchev–Trinajstić information content (AvgIpc) is 2.68. The van der Waals surface area contributed by atoms with Gasteiger partial charge in [-0.3, -0.25) is 0 Å². The Balaban J connectivity index is 1.91. The molecule has 0 spiro atoms. The fourth-order valence-electron chi connectivity index (χ4n) is 3.07. The van der Waals surface area contributed by atoms with Crippen molar-refractivity contribution in [2.45, 2.75) is 38.1 Å². The molecule has 29 heavy (non-hydrogen) atoms. The highest BCUT2D eigenvalue weighted by Crippen LogP contribution is 2.17. The van der Waals surface area contributed by atoms with Gasteiger partial charge in [-0.1, -0.05) is 24.3 Å². The fraction of sp³-hybridized carbons (Fsp3) is 0.409. The van der Waals surface area contributed by atoms with Crippen molar-refractivity contribution >= 4 is 15.8 Å². The van der Waals surface area contributed by atoms with Gasteiger partial charge in [-0.25, -0.2) is 13.4 Å². The zero-order valence-corrected chi connectivity index (χ0v) is 18.5. The minimum atomic E-state index is -3.20. The summed E-state index contributed by atoms with van der Waals surface area (Å²) in [5, 5.41) is 6.59. The molecule has 0 fully saturated rings. The standard InChI is InChI=1S/C22H31N3O3S/c1-5-23-22(24-13-7-9-18-8-6-10-20(15-18)28-3)25-16-19-11-12-21(17(2)14-19)29(4,26)27/h6,8,10-12,14-15H,5,7,9,13,16H2,1-4H3,(H2,23,24,25). The lowest BCUT2D eigenvalue weighted by Gasteiger charge is -2.12. The van der Waals surface area contributed by atoms with E-state index in [-0.39, 0.29) is 0 Å². The molecule has 0 unspecified atom stereocenters. The van der Waals surface area contributed by atoms with Crippen LogP contribution in [0.15, 0.2) is 52.4 Å². The van der Waals surface area contributed by atoms with Crippen molar-refractivity contribution in [2.24, 2.45) is 4.99 Å². The van der Waals surface area contributed by atoms with Crippen molar-refractivity contribution in [3.63, 3.8) is 0 Å². The number of aliphatic imine (C=N–C) groups is 1. The first-order valence-electron chi connectivity index (χ1n) is 9.78. The maximum atomic E-state index is 11.7. The quantitative estimate of drug-likeness (QED) is 0.372. The van der Waals surface area contributed by atoms with Gasteiger partial charge in [-0.15, -0.1) is 0 Å². The van der Waals surface area contributed by atoms with Gasteiger partial charge in [0.1, 0.15) is 5.75 Å². The van der Waals surface area contributed by atoms with Gasteiger partial charge < -0.3 is 15.4 Å². The fourth-order valence-corrected chi connectivity index (χ4v) is 4.02. The Labute approximate surface area is 174 Å². The summed E-state index contributed by atoms with van der Waals surface area (Å²) in [6.07, 6.45) is 3.15. The summed E-state index contributed by atoms with van der Waals surface area (Å²) in [7, 11) is -1.52. The van der Waals surface area contributed by atoms with Crippen molar-refractivity contribution in [1.29, 1.82) is 0 Å². The summed E-state index contributed by atoms with van der Waals surface area (Å²) in [5.74, 6) is 1.63. The Morgan fingerprint density at radius 1 is 1.10 bits per heavy atom. The van der Waals surface area contributed by atoms with E-state index in [1.165, 1.54) is 11.8 Å². The van der Waals surface area contributed by atoms with Crippen molar-refractivity contribution in [3.05, 3.63) is 59.2 Å². The third-order valence-electron chi connectivity index (χ3n) is 4.47. The molecular weight excluding hydrogens is 386 g/mol. The van der Waals surface area contributed by atoms with Crippen LogP contribution in [0.3, 0.4) is 0 Å². The highest BCUT2D eigenvalue weighted by molar-refractivity contribution is 7.90. The van der Waals surface area contributed by atoms with Crippen molar-refractivity contribution < 1.29 is 13.2 Å². The van der Waals surface area contributed by atoms with E-state index in [1.54, 1.807) is 13.2 Å². The van der Waals surface area contributed by atoms with Crippen molar-refractivity contribution in [2.75, 3.05) is 26.5 Å². The zero-order valence-electron chi connectivity index (χ0n) is 17.7. The van der Waals surface area contributed by atoms with E-state index in [0.717, 1.165) is 48.8 Å². The van der Waals surface area contributed by atoms with Gasteiger partial charge in [0, 0.05) is 19.3 Å². The number of rotatable bonds is 9. The number of ether oxygens (including phenoxy) is 1. The number of sulfone groups is 1. The zero-order chi connectivity index (χ0) is 21.3. The van der Waals surface area contributed by atoms with Crippen LogP contribution in [-0.4, -0.2) is 40.8 Å². The van der Waals surface area contributed by atoms with Crippen LogP contribution in [0.25, 0.3) is 0 Å². The van der Waals surface area contributed by atoms with E-state index in [9.17, 15) is 8.42 Å². The number of hydrogen-bond acceptors (Lipinski definition) is 4. The summed E-state index contributed by atoms with van der Waals surface area (Å²) < 4.78 is 28.8. The third kappa shape index (κ3) is 7.42. The molecule has 158 valence electrons. The van der Waals surface area contributed by atoms with E-state index in [4.69, 9.17) is 4.74 Å². The Hall–Kier alpha value is -2.54. The molecule has 6 nitrogen and oxygen atoms in total. The molecule has 0 amide bonds. The van der Waals surface area contributed by atoms with Crippen LogP contribution < -0.4 is 15.4 Å². The van der Waals surface area contributed by atoms with Gasteiger partial charge in [0.25, 0.3) is 0 Å². The molecular formula is C22H31N3O3S. The Morgan fingerprint density at radius 2 is 1.90 bits per heavy atom. The second-order valence-electron chi connectivity index (χ2n) is 6.95. The Bertz CT molecular complexity index is 940. The van der Waals surface area contributed by atoms with Crippen LogP contribution in [0.1, 0.15) is 30.0 Å². The van der Waals surface area contributed by atoms with Crippen molar-refractivity contribution in [3.8, 4) is 5.75 Å². The van der Waals surface area contributed by atoms with Gasteiger partial charge in [-0.2, -0.15) is 0 Å². The van der Waals surface area contributed by atoms with Gasteiger partial charge in [0.15, 0.2) is 15.8 Å². The molecule has 0 bridgehead atoms. The number of hydrogen-bond donors (Lipinski definition) is 2. The van der Waals surface area contributed by atoms with E-state index in [1.807, 2.05) is 38.1 Å². The molecule has 0 aliphatic carbocycles. The minimum Gasteiger partial charge on any atom is -0.497 e. The highest BCUT2D eigenvalue weighted by atomic mass is 32.2. The summed E-state index contributed by atoms with van der Waals surface area (Å²) in [4.78, 5) is 4.98. The lowest BCUT2D eigenvalue weighted by molar-refractivity contribution is 0.414. The molecule has 0 heterocycles. The smallest absolute Gasteiger partial charge is 0.191 e. The van der Waals surface area contributed by atoms with Gasteiger partial charge in [-0.05, 0) is 61.6 Å². The number of methoxy groups -OCH3 is 1. The predicted octanol–water partition coefficient (Wildman–Crippen LogP) is 3.10. The largest absolute Gasteiger partial charge is 0.497 e. The average molecular weight is 418 g/mol. The van der Waals surface area contributed by atoms with Crippen LogP contribution >= 0.6 is 0 Å². The molecule has 0 saturated heterocycles. The van der Waals surface area contributed by atoms with Crippen LogP contribution in [-0.2, 0) is 22.8 Å². The maximum absolute atomic E-state index is 11.7. The monoisotopic (exact) mass is 417 g/mol. The molecule has 2 aromatic rings. The summed E-state index contributed by atoms with van der Waals surface area (Å²) >= 11 is 0. The molecule has 2 aromatic carbocycles. The predicted molar refractivity (Wildman–Crippen MR) is 118 cm³/mol. The SMILES string of the molecule is CCNC(=NCc1ccc(S(C)(=O)=O)c(C)c1)NCCCc1cccc(OC)c1. The normalized spacial score (nSPS) is 11.9. The molecule has 2 rings (SSSR count). The van der Waals surface area contributed by atoms with Crippen LogP contribution in [0.5, 0.6) is 5.75 Å². The Morgan fingerprint density at radius 3 is 2.55 bits per heavy atom. The maximum Gasteiger partial charge on any atom is 0.191 e. The molecule has 0 aromatic heterocycles. The first-order valence-corrected chi connectivity index (χ1v) is 11.7. The Kier molecular flexibility index (Phi) is 8.51. The summed E-state index contributed by atoms with van der Waals surface area (Å²) in [6, 6.07) is 13.5. The number of guanidine groups is 1. The molecule has 0 saturated carbocycles. The number of nitrogens with one attached hydrogen (secondary N) is 2. The van der Waals surface area contributed by atoms with E-state index < -0.39 is 9.84 Å². The molecule has 0 aliphatic rings. The molecule has 0 radical (unpaired) electrons. The van der Waals surface area contributed by atoms with Gasteiger partial charge >= 0.3 is 0 Å². The van der Waals surface area contributed by atoms with Crippen molar-refractivity contribution in [1.82, 2.24) is 10.6 Å². The topological polar surface area (TPSA) is 79.8 Å². The lowest BCUT2D eigenvalue weighted by Crippen LogP contribution is -2.37. The second kappa shape index (κ2) is 10.9. The first-order chi connectivity index (χ1) is 13.8. The molecule has 2 N–H and O–H groups in total. The van der Waals surface area contributed by atoms with Crippen LogP contribution in [0.2, 0.25) is 0 Å². The first kappa shape index (κ1) is 22.7. The summed E-state index contributed by atoms with van der Waals surface area (Å²) in [5.41, 5.74) is 2.97. The third-order valence-corrected chi connectivity index (χ3v) is 5.73.